The lowest BCUT2D eigenvalue weighted by molar-refractivity contribution is -0.147. The van der Waals surface area contributed by atoms with E-state index in [1.165, 1.54) is 4.57 Å². The summed E-state index contributed by atoms with van der Waals surface area (Å²) in [5.74, 6) is -0.907. The fraction of sp³-hybridized carbons (Fsp3) is 0.727. The number of imidazole rings is 1. The summed E-state index contributed by atoms with van der Waals surface area (Å²) in [7, 11) is -3.33. The van der Waals surface area contributed by atoms with E-state index < -0.39 is 22.0 Å². The topological polar surface area (TPSA) is 76.0 Å². The summed E-state index contributed by atoms with van der Waals surface area (Å²) in [6, 6.07) is 0. The first kappa shape index (κ1) is 16.2. The van der Waals surface area contributed by atoms with Crippen LogP contribution in [0.15, 0.2) is 0 Å². The summed E-state index contributed by atoms with van der Waals surface area (Å²) in [6.45, 7) is 1.12. The quantitative estimate of drug-likeness (QED) is 0.772. The summed E-state index contributed by atoms with van der Waals surface area (Å²) >= 11 is 0. The summed E-state index contributed by atoms with van der Waals surface area (Å²) < 4.78 is 64.4. The Morgan fingerprint density at radius 3 is 2.76 bits per heavy atom. The zero-order chi connectivity index (χ0) is 15.7. The maximum Gasteiger partial charge on any atom is 0.449 e. The lowest BCUT2D eigenvalue weighted by Crippen LogP contribution is -2.27. The number of sulfonamides is 1. The SMILES string of the molecule is CS(=O)(=O)NCCCn1c(C(F)(F)F)nc2c1CCNC2. The molecule has 10 heteroatoms. The third-order valence-corrected chi connectivity index (χ3v) is 3.89. The van der Waals surface area contributed by atoms with Crippen LogP contribution in [0.2, 0.25) is 0 Å². The van der Waals surface area contributed by atoms with Gasteiger partial charge in [-0.2, -0.15) is 13.2 Å². The highest BCUT2D eigenvalue weighted by Crippen LogP contribution is 2.31. The highest BCUT2D eigenvalue weighted by atomic mass is 32.2. The zero-order valence-electron chi connectivity index (χ0n) is 11.5. The van der Waals surface area contributed by atoms with Gasteiger partial charge in [-0.05, 0) is 6.42 Å². The van der Waals surface area contributed by atoms with Crippen molar-refractivity contribution in [2.24, 2.45) is 0 Å². The van der Waals surface area contributed by atoms with E-state index in [1.807, 2.05) is 0 Å². The van der Waals surface area contributed by atoms with Crippen molar-refractivity contribution >= 4 is 10.0 Å². The molecule has 0 unspecified atom stereocenters. The van der Waals surface area contributed by atoms with E-state index >= 15 is 0 Å². The highest BCUT2D eigenvalue weighted by Gasteiger charge is 2.38. The molecule has 0 aliphatic carbocycles. The number of rotatable bonds is 5. The molecule has 2 N–H and O–H groups in total. The van der Waals surface area contributed by atoms with E-state index in [1.54, 1.807) is 0 Å². The number of aromatic nitrogens is 2. The van der Waals surface area contributed by atoms with Gasteiger partial charge in [0.25, 0.3) is 0 Å². The molecule has 0 saturated carbocycles. The predicted molar refractivity (Wildman–Crippen MR) is 70.1 cm³/mol. The van der Waals surface area contributed by atoms with Crippen LogP contribution in [0.3, 0.4) is 0 Å². The number of nitrogens with one attached hydrogen (secondary N) is 2. The minimum absolute atomic E-state index is 0.0830. The first-order valence-corrected chi connectivity index (χ1v) is 8.38. The van der Waals surface area contributed by atoms with Gasteiger partial charge in [0.15, 0.2) is 0 Å². The summed E-state index contributed by atoms with van der Waals surface area (Å²) in [5, 5.41) is 2.99. The lowest BCUT2D eigenvalue weighted by Gasteiger charge is -2.16. The molecule has 120 valence electrons. The van der Waals surface area contributed by atoms with Gasteiger partial charge in [-0.15, -0.1) is 0 Å². The normalized spacial score (nSPS) is 16.0. The van der Waals surface area contributed by atoms with E-state index in [9.17, 15) is 21.6 Å². The Bertz CT molecular complexity index is 610. The molecule has 1 aromatic heterocycles. The van der Waals surface area contributed by atoms with Crippen LogP contribution in [-0.4, -0.2) is 37.3 Å². The van der Waals surface area contributed by atoms with Crippen LogP contribution in [0.5, 0.6) is 0 Å². The van der Waals surface area contributed by atoms with Crippen molar-refractivity contribution in [1.29, 1.82) is 0 Å². The maximum absolute atomic E-state index is 13.0. The van der Waals surface area contributed by atoms with Crippen molar-refractivity contribution in [3.8, 4) is 0 Å². The van der Waals surface area contributed by atoms with Gasteiger partial charge in [0, 0.05) is 38.3 Å². The molecular formula is C11H17F3N4O2S. The van der Waals surface area contributed by atoms with E-state index in [-0.39, 0.29) is 19.5 Å². The van der Waals surface area contributed by atoms with Crippen LogP contribution in [0.25, 0.3) is 0 Å². The Balaban J connectivity index is 2.15. The van der Waals surface area contributed by atoms with Crippen molar-refractivity contribution in [2.75, 3.05) is 19.3 Å². The van der Waals surface area contributed by atoms with Crippen molar-refractivity contribution in [2.45, 2.75) is 32.1 Å². The largest absolute Gasteiger partial charge is 0.449 e. The predicted octanol–water partition coefficient (Wildman–Crippen LogP) is 0.487. The van der Waals surface area contributed by atoms with Crippen LogP contribution in [0.1, 0.15) is 23.6 Å². The number of hydrogen-bond donors (Lipinski definition) is 2. The van der Waals surface area contributed by atoms with Gasteiger partial charge < -0.3 is 9.88 Å². The van der Waals surface area contributed by atoms with E-state index in [2.05, 4.69) is 15.0 Å². The minimum Gasteiger partial charge on any atom is -0.324 e. The number of fused-ring (bicyclic) bond motifs is 1. The Morgan fingerprint density at radius 1 is 1.43 bits per heavy atom. The Morgan fingerprint density at radius 2 is 2.14 bits per heavy atom. The van der Waals surface area contributed by atoms with Gasteiger partial charge in [0.1, 0.15) is 0 Å². The minimum atomic E-state index is -4.51. The van der Waals surface area contributed by atoms with Gasteiger partial charge in [0.2, 0.25) is 15.8 Å². The molecule has 0 radical (unpaired) electrons. The molecule has 1 aliphatic heterocycles. The highest BCUT2D eigenvalue weighted by molar-refractivity contribution is 7.88. The number of halogens is 3. The van der Waals surface area contributed by atoms with E-state index in [4.69, 9.17) is 0 Å². The first-order chi connectivity index (χ1) is 9.68. The maximum atomic E-state index is 13.0. The Kier molecular flexibility index (Phi) is 4.59. The zero-order valence-corrected chi connectivity index (χ0v) is 12.3. The van der Waals surface area contributed by atoms with Crippen molar-refractivity contribution in [3.05, 3.63) is 17.2 Å². The molecular weight excluding hydrogens is 309 g/mol. The molecule has 21 heavy (non-hydrogen) atoms. The first-order valence-electron chi connectivity index (χ1n) is 6.49. The van der Waals surface area contributed by atoms with Gasteiger partial charge in [-0.1, -0.05) is 0 Å². The fourth-order valence-corrected chi connectivity index (χ4v) is 2.84. The average Bonchev–Trinajstić information content (AvgIpc) is 2.72. The molecule has 0 bridgehead atoms. The summed E-state index contributed by atoms with van der Waals surface area (Å²) in [5.41, 5.74) is 1.00. The fourth-order valence-electron chi connectivity index (χ4n) is 2.32. The molecule has 2 heterocycles. The molecule has 2 rings (SSSR count). The second-order valence-corrected chi connectivity index (χ2v) is 6.76. The van der Waals surface area contributed by atoms with Gasteiger partial charge in [-0.3, -0.25) is 0 Å². The smallest absolute Gasteiger partial charge is 0.324 e. The van der Waals surface area contributed by atoms with Gasteiger partial charge in [0.05, 0.1) is 11.9 Å². The molecule has 0 saturated heterocycles. The molecule has 0 aromatic carbocycles. The molecule has 0 fully saturated rings. The second kappa shape index (κ2) is 5.93. The third-order valence-electron chi connectivity index (χ3n) is 3.16. The molecule has 1 aromatic rings. The van der Waals surface area contributed by atoms with Crippen molar-refractivity contribution in [1.82, 2.24) is 19.6 Å². The van der Waals surface area contributed by atoms with Crippen molar-refractivity contribution < 1.29 is 21.6 Å². The van der Waals surface area contributed by atoms with Gasteiger partial charge >= 0.3 is 6.18 Å². The number of alkyl halides is 3. The molecule has 0 amide bonds. The van der Waals surface area contributed by atoms with Crippen LogP contribution in [0, 0.1) is 0 Å². The lowest BCUT2D eigenvalue weighted by atomic mass is 10.2. The Labute approximate surface area is 120 Å². The van der Waals surface area contributed by atoms with Crippen LogP contribution >= 0.6 is 0 Å². The molecule has 1 aliphatic rings. The molecule has 0 spiro atoms. The average molecular weight is 326 g/mol. The number of nitrogens with zero attached hydrogens (tertiary/aromatic N) is 2. The summed E-state index contributed by atoms with van der Waals surface area (Å²) in [6.07, 6.45) is -2.75. The van der Waals surface area contributed by atoms with Crippen LogP contribution in [-0.2, 0) is 35.7 Å². The van der Waals surface area contributed by atoms with Crippen molar-refractivity contribution in [3.63, 3.8) is 0 Å². The molecule has 6 nitrogen and oxygen atoms in total. The van der Waals surface area contributed by atoms with Gasteiger partial charge in [-0.25, -0.2) is 18.1 Å². The monoisotopic (exact) mass is 326 g/mol. The second-order valence-electron chi connectivity index (χ2n) is 4.93. The van der Waals surface area contributed by atoms with E-state index in [0.717, 1.165) is 6.26 Å². The van der Waals surface area contributed by atoms with E-state index in [0.29, 0.717) is 30.9 Å². The standard InChI is InChI=1S/C11H17F3N4O2S/c1-21(19,20)16-4-2-6-18-9-3-5-15-7-8(9)17-10(18)11(12,13)14/h15-16H,2-7H2,1H3. The van der Waals surface area contributed by atoms with Crippen LogP contribution < -0.4 is 10.0 Å². The van der Waals surface area contributed by atoms with Crippen LogP contribution in [0.4, 0.5) is 13.2 Å². The Hall–Kier alpha value is -1.13. The summed E-state index contributed by atoms with van der Waals surface area (Å²) in [4.78, 5) is 3.69. The number of hydrogen-bond acceptors (Lipinski definition) is 4. The third kappa shape index (κ3) is 4.17. The molecule has 0 atom stereocenters.